The van der Waals surface area contributed by atoms with E-state index >= 15 is 0 Å². The molecule has 1 radical (unpaired) electrons. The zero-order chi connectivity index (χ0) is 10.8. The Labute approximate surface area is 97.0 Å². The predicted molar refractivity (Wildman–Crippen MR) is 59.5 cm³/mol. The Bertz CT molecular complexity index is 392. The first-order valence-corrected chi connectivity index (χ1v) is 6.01. The van der Waals surface area contributed by atoms with Crippen LogP contribution < -0.4 is 5.32 Å². The van der Waals surface area contributed by atoms with Crippen LogP contribution in [0.5, 0.6) is 0 Å². The van der Waals surface area contributed by atoms with Gasteiger partial charge in [0.15, 0.2) is 0 Å². The van der Waals surface area contributed by atoms with Gasteiger partial charge in [0.2, 0.25) is 0 Å². The van der Waals surface area contributed by atoms with Crippen molar-refractivity contribution in [3.8, 4) is 0 Å². The maximum absolute atomic E-state index is 11.3. The van der Waals surface area contributed by atoms with Gasteiger partial charge in [-0.25, -0.2) is 0 Å². The fourth-order valence-corrected chi connectivity index (χ4v) is 2.21. The molecule has 1 aliphatic heterocycles. The number of anilines is 1. The number of hydrogen-bond acceptors (Lipinski definition) is 3. The van der Waals surface area contributed by atoms with Crippen molar-refractivity contribution in [2.45, 2.75) is 17.8 Å². The van der Waals surface area contributed by atoms with Gasteiger partial charge in [0.05, 0.1) is 0 Å². The van der Waals surface area contributed by atoms with Crippen LogP contribution in [0.2, 0.25) is 5.32 Å². The van der Waals surface area contributed by atoms with Crippen molar-refractivity contribution in [3.05, 3.63) is 29.3 Å². The molecule has 0 saturated carbocycles. The fraction of sp³-hybridized carbons (Fsp3) is 0.364. The van der Waals surface area contributed by atoms with E-state index in [2.05, 4.69) is 26.1 Å². The Kier molecular flexibility index (Phi) is 2.98. The number of hydrogen-bond donors (Lipinski definition) is 1. The summed E-state index contributed by atoms with van der Waals surface area (Å²) < 4.78 is 4.68. The number of fused-ring (bicyclic) bond motifs is 1. The van der Waals surface area contributed by atoms with E-state index < -0.39 is 0 Å². The average molecular weight is 269 g/mol. The number of carbonyl (C=O) groups is 1. The molecule has 1 aromatic rings. The maximum atomic E-state index is 11.3. The summed E-state index contributed by atoms with van der Waals surface area (Å²) in [6.45, 7) is 0. The van der Waals surface area contributed by atoms with Crippen molar-refractivity contribution >= 4 is 27.7 Å². The van der Waals surface area contributed by atoms with Gasteiger partial charge in [-0.15, -0.1) is 0 Å². The molecule has 1 heterocycles. The van der Waals surface area contributed by atoms with Gasteiger partial charge in [0, 0.05) is 0 Å². The summed E-state index contributed by atoms with van der Waals surface area (Å²) in [7, 11) is 1.40. The number of benzene rings is 1. The van der Waals surface area contributed by atoms with Crippen LogP contribution in [0, 0.1) is 0 Å². The van der Waals surface area contributed by atoms with Gasteiger partial charge < -0.3 is 0 Å². The van der Waals surface area contributed by atoms with Gasteiger partial charge >= 0.3 is 96.7 Å². The number of carbonyl (C=O) groups excluding carboxylic acids is 1. The molecule has 3 nitrogen and oxygen atoms in total. The summed E-state index contributed by atoms with van der Waals surface area (Å²) in [4.78, 5) is 11.3. The molecule has 0 fully saturated rings. The monoisotopic (exact) mass is 270 g/mol. The fourth-order valence-electron chi connectivity index (χ4n) is 1.79. The number of rotatable bonds is 2. The summed E-state index contributed by atoms with van der Waals surface area (Å²) in [5.74, 6) is -0.274. The van der Waals surface area contributed by atoms with E-state index in [4.69, 9.17) is 0 Å². The van der Waals surface area contributed by atoms with Gasteiger partial charge in [0.1, 0.15) is 0 Å². The summed E-state index contributed by atoms with van der Waals surface area (Å²) in [6.07, 6.45) is 0.965. The van der Waals surface area contributed by atoms with E-state index in [-0.39, 0.29) is 5.97 Å². The van der Waals surface area contributed by atoms with E-state index in [1.54, 1.807) is 6.07 Å². The van der Waals surface area contributed by atoms with E-state index in [9.17, 15) is 4.79 Å². The molecule has 2 rings (SSSR count). The minimum absolute atomic E-state index is 0.274. The van der Waals surface area contributed by atoms with Crippen molar-refractivity contribution in [1.82, 2.24) is 0 Å². The normalized spacial score (nSPS) is 18.1. The van der Waals surface area contributed by atoms with Crippen LogP contribution in [0.1, 0.15) is 15.9 Å². The topological polar surface area (TPSA) is 38.3 Å². The molecular formula is C11H12NO2Se. The molecule has 1 N–H and O–H groups in total. The molecule has 4 heteroatoms. The molecule has 0 aromatic heterocycles. The SMILES string of the molecule is COC(=O)c1ccc2c(c1)CC(C[Se])N2. The first-order chi connectivity index (χ1) is 7.24. The van der Waals surface area contributed by atoms with Crippen LogP contribution in [0.3, 0.4) is 0 Å². The number of nitrogens with one attached hydrogen (secondary N) is 1. The molecule has 0 amide bonds. The van der Waals surface area contributed by atoms with Gasteiger partial charge in [-0.1, -0.05) is 0 Å². The molecule has 15 heavy (non-hydrogen) atoms. The Balaban J connectivity index is 2.26. The summed E-state index contributed by atoms with van der Waals surface area (Å²) in [5, 5.41) is 4.36. The first kappa shape index (κ1) is 10.5. The third-order valence-corrected chi connectivity index (χ3v) is 3.40. The number of methoxy groups -OCH3 is 1. The molecule has 1 atom stereocenters. The number of ether oxygens (including phenoxy) is 1. The van der Waals surface area contributed by atoms with Crippen LogP contribution in [-0.4, -0.2) is 35.1 Å². The zero-order valence-corrected chi connectivity index (χ0v) is 10.2. The second-order valence-electron chi connectivity index (χ2n) is 3.58. The third-order valence-electron chi connectivity index (χ3n) is 2.55. The molecule has 0 spiro atoms. The first-order valence-electron chi connectivity index (χ1n) is 4.80. The quantitative estimate of drug-likeness (QED) is 0.651. The van der Waals surface area contributed by atoms with E-state index in [1.165, 1.54) is 12.7 Å². The summed E-state index contributed by atoms with van der Waals surface area (Å²) >= 11 is 3.01. The second-order valence-corrected chi connectivity index (χ2v) is 4.27. The average Bonchev–Trinajstić information content (AvgIpc) is 2.69. The van der Waals surface area contributed by atoms with Crippen LogP contribution in [0.4, 0.5) is 5.69 Å². The van der Waals surface area contributed by atoms with E-state index in [0.29, 0.717) is 11.6 Å². The van der Waals surface area contributed by atoms with Crippen molar-refractivity contribution in [2.75, 3.05) is 12.4 Å². The Morgan fingerprint density at radius 2 is 2.47 bits per heavy atom. The van der Waals surface area contributed by atoms with Crippen molar-refractivity contribution in [2.24, 2.45) is 0 Å². The molecule has 79 valence electrons. The standard InChI is InChI=1S/C11H12NO2Se/c1-14-11(13)7-2-3-10-8(4-7)5-9(6-15)12-10/h2-4,9,12H,5-6H2,1H3. The predicted octanol–water partition coefficient (Wildman–Crippen LogP) is 1.40. The van der Waals surface area contributed by atoms with Gasteiger partial charge in [-0.3, -0.25) is 0 Å². The second kappa shape index (κ2) is 4.25. The molecular weight excluding hydrogens is 257 g/mol. The van der Waals surface area contributed by atoms with Crippen LogP contribution in [-0.2, 0) is 11.2 Å². The van der Waals surface area contributed by atoms with Gasteiger partial charge in [0.25, 0.3) is 0 Å². The summed E-state index contributed by atoms with van der Waals surface area (Å²) in [5.41, 5.74) is 2.94. The summed E-state index contributed by atoms with van der Waals surface area (Å²) in [6, 6.07) is 6.09. The molecule has 0 aliphatic carbocycles. The molecule has 1 aliphatic rings. The molecule has 0 saturated heterocycles. The molecule has 1 aromatic carbocycles. The van der Waals surface area contributed by atoms with Crippen LogP contribution in [0.25, 0.3) is 0 Å². The van der Waals surface area contributed by atoms with Crippen molar-refractivity contribution in [3.63, 3.8) is 0 Å². The Morgan fingerprint density at radius 1 is 1.67 bits per heavy atom. The minimum atomic E-state index is -0.274. The Morgan fingerprint density at radius 3 is 3.13 bits per heavy atom. The van der Waals surface area contributed by atoms with Crippen molar-refractivity contribution in [1.29, 1.82) is 0 Å². The van der Waals surface area contributed by atoms with Crippen molar-refractivity contribution < 1.29 is 9.53 Å². The van der Waals surface area contributed by atoms with Crippen LogP contribution >= 0.6 is 0 Å². The molecule has 1 unspecified atom stereocenters. The van der Waals surface area contributed by atoms with Gasteiger partial charge in [-0.05, 0) is 0 Å². The van der Waals surface area contributed by atoms with E-state index in [1.807, 2.05) is 12.1 Å². The molecule has 0 bridgehead atoms. The van der Waals surface area contributed by atoms with Crippen LogP contribution in [0.15, 0.2) is 18.2 Å². The zero-order valence-electron chi connectivity index (χ0n) is 8.45. The Hall–Kier alpha value is -0.991. The van der Waals surface area contributed by atoms with Gasteiger partial charge in [-0.2, -0.15) is 0 Å². The third kappa shape index (κ3) is 2.01. The number of esters is 1. The van der Waals surface area contributed by atoms with E-state index in [0.717, 1.165) is 17.4 Å².